The van der Waals surface area contributed by atoms with Crippen LogP contribution in [0.15, 0.2) is 47.4 Å². The molecule has 0 bridgehead atoms. The van der Waals surface area contributed by atoms with Crippen LogP contribution >= 0.6 is 0 Å². The molecule has 2 aliphatic rings. The van der Waals surface area contributed by atoms with E-state index >= 15 is 0 Å². The molecule has 0 radical (unpaired) electrons. The van der Waals surface area contributed by atoms with Gasteiger partial charge in [0.1, 0.15) is 6.04 Å². The zero-order chi connectivity index (χ0) is 22.6. The van der Waals surface area contributed by atoms with E-state index < -0.39 is 16.1 Å². The number of carbonyl (C=O) groups excluding carboxylic acids is 1. The molecule has 1 fully saturated rings. The second-order valence-corrected chi connectivity index (χ2v) is 9.99. The average Bonchev–Trinajstić information content (AvgIpc) is 3.05. The van der Waals surface area contributed by atoms with E-state index in [9.17, 15) is 13.2 Å². The summed E-state index contributed by atoms with van der Waals surface area (Å²) in [4.78, 5) is 12.9. The fourth-order valence-corrected chi connectivity index (χ4v) is 5.30. The number of ether oxygens (including phenoxy) is 2. The molecule has 2 N–H and O–H groups in total. The Balaban J connectivity index is 1.37. The highest BCUT2D eigenvalue weighted by atomic mass is 32.2. The fourth-order valence-electron chi connectivity index (χ4n) is 3.78. The fraction of sp³-hybridized carbons (Fsp3) is 0.435. The first-order valence-electron chi connectivity index (χ1n) is 11.0. The van der Waals surface area contributed by atoms with Crippen LogP contribution in [-0.2, 0) is 14.8 Å². The molecular weight excluding hydrogens is 430 g/mol. The summed E-state index contributed by atoms with van der Waals surface area (Å²) in [5, 5.41) is 5.99. The number of fused-ring (bicyclic) bond motifs is 1. The largest absolute Gasteiger partial charge is 0.490 e. The number of piperidine rings is 1. The average molecular weight is 460 g/mol. The van der Waals surface area contributed by atoms with Gasteiger partial charge in [0, 0.05) is 37.0 Å². The van der Waals surface area contributed by atoms with Crippen LogP contribution < -0.4 is 20.1 Å². The Labute approximate surface area is 189 Å². The predicted molar refractivity (Wildman–Crippen MR) is 123 cm³/mol. The van der Waals surface area contributed by atoms with Crippen molar-refractivity contribution in [2.75, 3.05) is 36.9 Å². The van der Waals surface area contributed by atoms with Gasteiger partial charge in [-0.25, -0.2) is 8.42 Å². The molecule has 0 saturated carbocycles. The molecule has 0 spiro atoms. The summed E-state index contributed by atoms with van der Waals surface area (Å²) in [5.41, 5.74) is 1.29. The lowest BCUT2D eigenvalue weighted by Gasteiger charge is -2.25. The summed E-state index contributed by atoms with van der Waals surface area (Å²) in [5.74, 6) is 1.12. The third kappa shape index (κ3) is 5.16. The number of nitrogens with one attached hydrogen (secondary N) is 2. The highest BCUT2D eigenvalue weighted by Gasteiger charge is 2.26. The molecule has 1 amide bonds. The van der Waals surface area contributed by atoms with E-state index in [1.165, 1.54) is 4.31 Å². The first-order valence-corrected chi connectivity index (χ1v) is 12.4. The second-order valence-electron chi connectivity index (χ2n) is 8.06. The van der Waals surface area contributed by atoms with Crippen molar-refractivity contribution >= 4 is 27.3 Å². The zero-order valence-electron chi connectivity index (χ0n) is 18.2. The van der Waals surface area contributed by atoms with E-state index in [2.05, 4.69) is 10.6 Å². The van der Waals surface area contributed by atoms with Crippen molar-refractivity contribution in [2.24, 2.45) is 0 Å². The van der Waals surface area contributed by atoms with Crippen molar-refractivity contribution in [1.29, 1.82) is 0 Å². The first-order chi connectivity index (χ1) is 15.4. The summed E-state index contributed by atoms with van der Waals surface area (Å²) in [6.45, 7) is 4.09. The highest BCUT2D eigenvalue weighted by Crippen LogP contribution is 2.32. The van der Waals surface area contributed by atoms with Crippen molar-refractivity contribution in [3.8, 4) is 11.5 Å². The molecule has 2 aromatic rings. The van der Waals surface area contributed by atoms with Crippen LogP contribution in [0.25, 0.3) is 0 Å². The van der Waals surface area contributed by atoms with E-state index in [4.69, 9.17) is 9.47 Å². The van der Waals surface area contributed by atoms with Crippen molar-refractivity contribution in [3.63, 3.8) is 0 Å². The molecule has 9 heteroatoms. The van der Waals surface area contributed by atoms with Crippen LogP contribution in [0, 0.1) is 0 Å². The normalized spacial score (nSPS) is 17.8. The van der Waals surface area contributed by atoms with Gasteiger partial charge in [0.15, 0.2) is 11.5 Å². The van der Waals surface area contributed by atoms with Crippen molar-refractivity contribution in [1.82, 2.24) is 4.31 Å². The Morgan fingerprint density at radius 2 is 1.56 bits per heavy atom. The first kappa shape index (κ1) is 22.4. The minimum Gasteiger partial charge on any atom is -0.490 e. The van der Waals surface area contributed by atoms with Crippen LogP contribution in [0.2, 0.25) is 0 Å². The number of nitrogens with zero attached hydrogens (tertiary/aromatic N) is 1. The van der Waals surface area contributed by atoms with Crippen LogP contribution in [0.3, 0.4) is 0 Å². The van der Waals surface area contributed by atoms with E-state index in [0.29, 0.717) is 43.5 Å². The van der Waals surface area contributed by atoms with Crippen molar-refractivity contribution in [2.45, 2.75) is 43.5 Å². The van der Waals surface area contributed by atoms with Crippen molar-refractivity contribution < 1.29 is 22.7 Å². The lowest BCUT2D eigenvalue weighted by atomic mass is 10.2. The predicted octanol–water partition coefficient (Wildman–Crippen LogP) is 3.46. The van der Waals surface area contributed by atoms with Gasteiger partial charge >= 0.3 is 0 Å². The molecule has 1 atom stereocenters. The van der Waals surface area contributed by atoms with Crippen LogP contribution in [0.5, 0.6) is 11.5 Å². The van der Waals surface area contributed by atoms with Gasteiger partial charge in [-0.15, -0.1) is 0 Å². The minimum absolute atomic E-state index is 0.233. The summed E-state index contributed by atoms with van der Waals surface area (Å²) in [6.07, 6.45) is 3.67. The Bertz CT molecular complexity index is 1050. The zero-order valence-corrected chi connectivity index (χ0v) is 19.0. The van der Waals surface area contributed by atoms with Gasteiger partial charge < -0.3 is 20.1 Å². The van der Waals surface area contributed by atoms with Gasteiger partial charge in [-0.2, -0.15) is 4.31 Å². The smallest absolute Gasteiger partial charge is 0.246 e. The number of hydrogen-bond acceptors (Lipinski definition) is 6. The standard InChI is InChI=1S/C23H29N3O5S/c1-17(24-19-8-11-21-22(16-19)31-15-5-14-30-21)23(27)25-18-6-9-20(10-7-18)32(28,29)26-12-3-2-4-13-26/h6-11,16-17,24H,2-5,12-15H2,1H3,(H,25,27)/t17-/m1/s1. The topological polar surface area (TPSA) is 97.0 Å². The Hall–Kier alpha value is -2.78. The number of benzene rings is 2. The maximum atomic E-state index is 12.8. The summed E-state index contributed by atoms with van der Waals surface area (Å²) < 4.78 is 38.4. The number of rotatable bonds is 6. The third-order valence-corrected chi connectivity index (χ3v) is 7.51. The van der Waals surface area contributed by atoms with Crippen LogP contribution in [0.4, 0.5) is 11.4 Å². The van der Waals surface area contributed by atoms with Crippen molar-refractivity contribution in [3.05, 3.63) is 42.5 Å². The van der Waals surface area contributed by atoms with Crippen LogP contribution in [-0.4, -0.2) is 51.0 Å². The van der Waals surface area contributed by atoms with Gasteiger partial charge in [-0.3, -0.25) is 4.79 Å². The lowest BCUT2D eigenvalue weighted by molar-refractivity contribution is -0.116. The molecule has 32 heavy (non-hydrogen) atoms. The monoisotopic (exact) mass is 459 g/mol. The number of anilines is 2. The Morgan fingerprint density at radius 3 is 2.28 bits per heavy atom. The molecule has 2 aromatic carbocycles. The summed E-state index contributed by atoms with van der Waals surface area (Å²) in [7, 11) is -3.49. The molecule has 0 aliphatic carbocycles. The molecule has 2 heterocycles. The minimum atomic E-state index is -3.49. The maximum Gasteiger partial charge on any atom is 0.246 e. The Morgan fingerprint density at radius 1 is 0.906 bits per heavy atom. The Kier molecular flexibility index (Phi) is 6.86. The molecular formula is C23H29N3O5S. The summed E-state index contributed by atoms with van der Waals surface area (Å²) in [6, 6.07) is 11.3. The van der Waals surface area contributed by atoms with Gasteiger partial charge in [0.05, 0.1) is 18.1 Å². The number of sulfonamides is 1. The number of amides is 1. The maximum absolute atomic E-state index is 12.8. The second kappa shape index (κ2) is 9.79. The van der Waals surface area contributed by atoms with E-state index in [1.807, 2.05) is 18.2 Å². The quantitative estimate of drug-likeness (QED) is 0.687. The molecule has 4 rings (SSSR count). The lowest BCUT2D eigenvalue weighted by Crippen LogP contribution is -2.35. The van der Waals surface area contributed by atoms with Gasteiger partial charge in [0.2, 0.25) is 15.9 Å². The molecule has 8 nitrogen and oxygen atoms in total. The molecule has 0 aromatic heterocycles. The van der Waals surface area contributed by atoms with E-state index in [1.54, 1.807) is 31.2 Å². The molecule has 2 aliphatic heterocycles. The third-order valence-electron chi connectivity index (χ3n) is 5.60. The molecule has 172 valence electrons. The van der Waals surface area contributed by atoms with Gasteiger partial charge in [-0.05, 0) is 56.2 Å². The summed E-state index contributed by atoms with van der Waals surface area (Å²) >= 11 is 0. The molecule has 1 saturated heterocycles. The van der Waals surface area contributed by atoms with Gasteiger partial charge in [0.25, 0.3) is 0 Å². The van der Waals surface area contributed by atoms with Gasteiger partial charge in [-0.1, -0.05) is 6.42 Å². The van der Waals surface area contributed by atoms with E-state index in [-0.39, 0.29) is 10.8 Å². The number of hydrogen-bond donors (Lipinski definition) is 2. The van der Waals surface area contributed by atoms with Crippen LogP contribution in [0.1, 0.15) is 32.6 Å². The SMILES string of the molecule is C[C@@H](Nc1ccc2c(c1)OCCCO2)C(=O)Nc1ccc(S(=O)(=O)N2CCCCC2)cc1. The highest BCUT2D eigenvalue weighted by molar-refractivity contribution is 7.89. The van der Waals surface area contributed by atoms with E-state index in [0.717, 1.165) is 31.4 Å². The molecule has 0 unspecified atom stereocenters. The number of carbonyl (C=O) groups is 1.